The van der Waals surface area contributed by atoms with Gasteiger partial charge in [-0.05, 0) is 36.8 Å². The molecule has 0 saturated carbocycles. The predicted octanol–water partition coefficient (Wildman–Crippen LogP) is 4.42. The van der Waals surface area contributed by atoms with E-state index in [0.29, 0.717) is 11.8 Å². The molecule has 0 fully saturated rings. The van der Waals surface area contributed by atoms with Gasteiger partial charge in [-0.1, -0.05) is 32.0 Å². The van der Waals surface area contributed by atoms with Crippen LogP contribution in [0.3, 0.4) is 0 Å². The highest BCUT2D eigenvalue weighted by Gasteiger charge is 2.07. The Hall–Kier alpha value is -1.87. The van der Waals surface area contributed by atoms with Crippen LogP contribution in [0.1, 0.15) is 25.0 Å². The molecule has 0 saturated heterocycles. The molecule has 0 spiro atoms. The van der Waals surface area contributed by atoms with Gasteiger partial charge in [0.25, 0.3) is 0 Å². The molecule has 3 heteroatoms. The molecule has 1 N–H and O–H groups in total. The summed E-state index contributed by atoms with van der Waals surface area (Å²) in [6.45, 7) is 6.79. The molecule has 0 bridgehead atoms. The Balaban J connectivity index is 2.20. The Morgan fingerprint density at radius 1 is 1.10 bits per heavy atom. The van der Waals surface area contributed by atoms with E-state index in [9.17, 15) is 4.39 Å². The molecule has 2 nitrogen and oxygen atoms in total. The zero-order valence-electron chi connectivity index (χ0n) is 12.1. The van der Waals surface area contributed by atoms with Crippen LogP contribution in [-0.4, -0.2) is 6.04 Å². The second-order valence-electron chi connectivity index (χ2n) is 5.16. The molecule has 0 radical (unpaired) electrons. The molecule has 0 atom stereocenters. The lowest BCUT2D eigenvalue weighted by Gasteiger charge is -2.14. The van der Waals surface area contributed by atoms with Gasteiger partial charge in [0.1, 0.15) is 17.3 Å². The summed E-state index contributed by atoms with van der Waals surface area (Å²) < 4.78 is 19.0. The van der Waals surface area contributed by atoms with Gasteiger partial charge in [0.05, 0.1) is 0 Å². The van der Waals surface area contributed by atoms with Gasteiger partial charge < -0.3 is 10.1 Å². The summed E-state index contributed by atoms with van der Waals surface area (Å²) in [5, 5.41) is 3.37. The van der Waals surface area contributed by atoms with E-state index in [2.05, 4.69) is 19.2 Å². The molecule has 0 heterocycles. The second-order valence-corrected chi connectivity index (χ2v) is 5.16. The minimum Gasteiger partial charge on any atom is -0.457 e. The summed E-state index contributed by atoms with van der Waals surface area (Å²) in [7, 11) is 0. The van der Waals surface area contributed by atoms with E-state index < -0.39 is 0 Å². The fourth-order valence-corrected chi connectivity index (χ4v) is 1.91. The minimum atomic E-state index is -0.246. The summed E-state index contributed by atoms with van der Waals surface area (Å²) >= 11 is 0. The molecule has 0 aliphatic rings. The van der Waals surface area contributed by atoms with Crippen molar-refractivity contribution in [2.45, 2.75) is 33.4 Å². The van der Waals surface area contributed by atoms with Crippen molar-refractivity contribution in [3.63, 3.8) is 0 Å². The quantitative estimate of drug-likeness (QED) is 0.870. The SMILES string of the molecule is Cc1cc(F)ccc1Oc1ccccc1CNC(C)C. The van der Waals surface area contributed by atoms with E-state index in [0.717, 1.165) is 23.4 Å². The van der Waals surface area contributed by atoms with Gasteiger partial charge in [-0.15, -0.1) is 0 Å². The van der Waals surface area contributed by atoms with E-state index in [1.807, 2.05) is 31.2 Å². The Kier molecular flexibility index (Phi) is 4.74. The van der Waals surface area contributed by atoms with E-state index in [-0.39, 0.29) is 5.82 Å². The first kappa shape index (κ1) is 14.5. The van der Waals surface area contributed by atoms with Crippen LogP contribution in [0.15, 0.2) is 42.5 Å². The second kappa shape index (κ2) is 6.53. The van der Waals surface area contributed by atoms with E-state index in [1.165, 1.54) is 12.1 Å². The summed E-state index contributed by atoms with van der Waals surface area (Å²) in [6, 6.07) is 12.9. The number of benzene rings is 2. The van der Waals surface area contributed by atoms with Gasteiger partial charge in [-0.25, -0.2) is 4.39 Å². The summed E-state index contributed by atoms with van der Waals surface area (Å²) in [5.41, 5.74) is 1.88. The molecule has 0 aromatic heterocycles. The molecule has 20 heavy (non-hydrogen) atoms. The monoisotopic (exact) mass is 273 g/mol. The molecule has 106 valence electrons. The number of hydrogen-bond acceptors (Lipinski definition) is 2. The van der Waals surface area contributed by atoms with Gasteiger partial charge in [0.15, 0.2) is 0 Å². The predicted molar refractivity (Wildman–Crippen MR) is 79.6 cm³/mol. The van der Waals surface area contributed by atoms with Crippen molar-refractivity contribution in [2.24, 2.45) is 0 Å². The third kappa shape index (κ3) is 3.81. The molecule has 2 aromatic carbocycles. The van der Waals surface area contributed by atoms with Crippen molar-refractivity contribution in [3.05, 3.63) is 59.4 Å². The zero-order chi connectivity index (χ0) is 14.5. The van der Waals surface area contributed by atoms with Crippen LogP contribution in [0.4, 0.5) is 4.39 Å². The van der Waals surface area contributed by atoms with Gasteiger partial charge in [-0.2, -0.15) is 0 Å². The van der Waals surface area contributed by atoms with Crippen LogP contribution in [0.5, 0.6) is 11.5 Å². The van der Waals surface area contributed by atoms with Crippen molar-refractivity contribution in [1.82, 2.24) is 5.32 Å². The normalized spacial score (nSPS) is 10.8. The molecular weight excluding hydrogens is 253 g/mol. The van der Waals surface area contributed by atoms with Gasteiger partial charge in [-0.3, -0.25) is 0 Å². The lowest BCUT2D eigenvalue weighted by molar-refractivity contribution is 0.464. The van der Waals surface area contributed by atoms with Crippen molar-refractivity contribution in [3.8, 4) is 11.5 Å². The van der Waals surface area contributed by atoms with Crippen LogP contribution >= 0.6 is 0 Å². The Labute approximate surface area is 119 Å². The highest BCUT2D eigenvalue weighted by Crippen LogP contribution is 2.28. The fraction of sp³-hybridized carbons (Fsp3) is 0.294. The average molecular weight is 273 g/mol. The first-order valence-corrected chi connectivity index (χ1v) is 6.81. The minimum absolute atomic E-state index is 0.246. The maximum absolute atomic E-state index is 13.1. The molecule has 2 aromatic rings. The smallest absolute Gasteiger partial charge is 0.131 e. The van der Waals surface area contributed by atoms with Crippen LogP contribution in [0.2, 0.25) is 0 Å². The van der Waals surface area contributed by atoms with E-state index >= 15 is 0 Å². The number of rotatable bonds is 5. The number of ether oxygens (including phenoxy) is 1. The topological polar surface area (TPSA) is 21.3 Å². The average Bonchev–Trinajstić information content (AvgIpc) is 2.41. The van der Waals surface area contributed by atoms with Crippen LogP contribution in [0.25, 0.3) is 0 Å². The molecule has 0 amide bonds. The van der Waals surface area contributed by atoms with Crippen LogP contribution in [0, 0.1) is 12.7 Å². The number of hydrogen-bond donors (Lipinski definition) is 1. The van der Waals surface area contributed by atoms with E-state index in [4.69, 9.17) is 4.74 Å². The number of aryl methyl sites for hydroxylation is 1. The van der Waals surface area contributed by atoms with Crippen molar-refractivity contribution in [2.75, 3.05) is 0 Å². The summed E-state index contributed by atoms with van der Waals surface area (Å²) in [6.07, 6.45) is 0. The largest absolute Gasteiger partial charge is 0.457 e. The molecule has 0 unspecified atom stereocenters. The highest BCUT2D eigenvalue weighted by atomic mass is 19.1. The number of halogens is 1. The zero-order valence-corrected chi connectivity index (χ0v) is 12.1. The molecule has 2 rings (SSSR count). The highest BCUT2D eigenvalue weighted by molar-refractivity contribution is 5.41. The number of nitrogens with one attached hydrogen (secondary N) is 1. The maximum Gasteiger partial charge on any atom is 0.131 e. The maximum atomic E-state index is 13.1. The fourth-order valence-electron chi connectivity index (χ4n) is 1.91. The van der Waals surface area contributed by atoms with Crippen molar-refractivity contribution >= 4 is 0 Å². The standard InChI is InChI=1S/C17H20FNO/c1-12(2)19-11-14-6-4-5-7-17(14)20-16-9-8-15(18)10-13(16)3/h4-10,12,19H,11H2,1-3H3. The molecular formula is C17H20FNO. The molecule has 0 aliphatic carbocycles. The van der Waals surface area contributed by atoms with Crippen LogP contribution < -0.4 is 10.1 Å². The molecule has 0 aliphatic heterocycles. The van der Waals surface area contributed by atoms with Crippen LogP contribution in [-0.2, 0) is 6.54 Å². The lowest BCUT2D eigenvalue weighted by Crippen LogP contribution is -2.22. The third-order valence-corrected chi connectivity index (χ3v) is 3.03. The van der Waals surface area contributed by atoms with Gasteiger partial charge in [0.2, 0.25) is 0 Å². The lowest BCUT2D eigenvalue weighted by atomic mass is 10.1. The first-order chi connectivity index (χ1) is 9.56. The Morgan fingerprint density at radius 2 is 1.85 bits per heavy atom. The summed E-state index contributed by atoms with van der Waals surface area (Å²) in [4.78, 5) is 0. The summed E-state index contributed by atoms with van der Waals surface area (Å²) in [5.74, 6) is 1.24. The van der Waals surface area contributed by atoms with Crippen molar-refractivity contribution in [1.29, 1.82) is 0 Å². The van der Waals surface area contributed by atoms with Gasteiger partial charge in [0, 0.05) is 18.2 Å². The third-order valence-electron chi connectivity index (χ3n) is 3.03. The Morgan fingerprint density at radius 3 is 2.55 bits per heavy atom. The number of para-hydroxylation sites is 1. The van der Waals surface area contributed by atoms with Gasteiger partial charge >= 0.3 is 0 Å². The van der Waals surface area contributed by atoms with Crippen molar-refractivity contribution < 1.29 is 9.13 Å². The van der Waals surface area contributed by atoms with E-state index in [1.54, 1.807) is 6.07 Å². The first-order valence-electron chi connectivity index (χ1n) is 6.81. The Bertz CT molecular complexity index is 581.